The van der Waals surface area contributed by atoms with Crippen LogP contribution in [0.3, 0.4) is 0 Å². The number of aliphatic hydroxyl groups is 1. The Morgan fingerprint density at radius 3 is 2.39 bits per heavy atom. The van der Waals surface area contributed by atoms with Gasteiger partial charge in [0.25, 0.3) is 0 Å². The van der Waals surface area contributed by atoms with Crippen molar-refractivity contribution in [3.63, 3.8) is 0 Å². The Balaban J connectivity index is 2.48. The number of ether oxygens (including phenoxy) is 1. The highest BCUT2D eigenvalue weighted by Gasteiger charge is 2.03. The van der Waals surface area contributed by atoms with Gasteiger partial charge in [-0.3, -0.25) is 0 Å². The Hall–Kier alpha value is -1.46. The summed E-state index contributed by atoms with van der Waals surface area (Å²) in [6.07, 6.45) is 2.83. The van der Waals surface area contributed by atoms with Crippen LogP contribution >= 0.6 is 0 Å². The second kappa shape index (κ2) is 8.60. The molecule has 0 aromatic heterocycles. The maximum absolute atomic E-state index is 8.63. The van der Waals surface area contributed by atoms with Crippen LogP contribution in [0.25, 0.3) is 0 Å². The molecular formula is C16H22O2. The first-order valence-electron chi connectivity index (χ1n) is 6.62. The fraction of sp³-hybridized carbons (Fsp3) is 0.500. The molecule has 0 radical (unpaired) electrons. The minimum atomic E-state index is 0.115. The van der Waals surface area contributed by atoms with Crippen molar-refractivity contribution in [3.05, 3.63) is 29.8 Å². The molecule has 0 atom stereocenters. The molecule has 1 N–H and O–H groups in total. The van der Waals surface area contributed by atoms with Gasteiger partial charge in [-0.25, -0.2) is 0 Å². The molecule has 0 saturated heterocycles. The van der Waals surface area contributed by atoms with Gasteiger partial charge in [-0.1, -0.05) is 38.5 Å². The van der Waals surface area contributed by atoms with Crippen molar-refractivity contribution < 1.29 is 9.84 Å². The van der Waals surface area contributed by atoms with E-state index in [0.717, 1.165) is 30.8 Å². The highest BCUT2D eigenvalue weighted by atomic mass is 16.5. The maximum atomic E-state index is 8.63. The highest BCUT2D eigenvalue weighted by Crippen LogP contribution is 2.15. The zero-order valence-electron chi connectivity index (χ0n) is 11.3. The third-order valence-electron chi connectivity index (χ3n) is 2.96. The molecule has 0 unspecified atom stereocenters. The summed E-state index contributed by atoms with van der Waals surface area (Å²) in [5.41, 5.74) is 0.957. The molecule has 0 spiro atoms. The van der Waals surface area contributed by atoms with Gasteiger partial charge < -0.3 is 9.84 Å². The Kier molecular flexibility index (Phi) is 6.98. The van der Waals surface area contributed by atoms with Crippen LogP contribution in [0.4, 0.5) is 0 Å². The first kappa shape index (κ1) is 14.6. The van der Waals surface area contributed by atoms with E-state index in [1.54, 1.807) is 0 Å². The molecule has 2 nitrogen and oxygen atoms in total. The van der Waals surface area contributed by atoms with Gasteiger partial charge in [-0.2, -0.15) is 0 Å². The fourth-order valence-electron chi connectivity index (χ4n) is 1.59. The van der Waals surface area contributed by atoms with Gasteiger partial charge in [0, 0.05) is 12.0 Å². The molecule has 18 heavy (non-hydrogen) atoms. The lowest BCUT2D eigenvalue weighted by Gasteiger charge is -2.13. The van der Waals surface area contributed by atoms with Gasteiger partial charge in [-0.15, -0.1) is 0 Å². The van der Waals surface area contributed by atoms with Gasteiger partial charge in [-0.05, 0) is 30.2 Å². The Morgan fingerprint density at radius 1 is 1.17 bits per heavy atom. The number of aliphatic hydroxyl groups excluding tert-OH is 1. The molecule has 0 aliphatic heterocycles. The lowest BCUT2D eigenvalue weighted by molar-refractivity contribution is 0.240. The smallest absolute Gasteiger partial charge is 0.119 e. The lowest BCUT2D eigenvalue weighted by Crippen LogP contribution is -2.09. The molecule has 0 aliphatic carbocycles. The first-order chi connectivity index (χ1) is 8.80. The van der Waals surface area contributed by atoms with E-state index in [1.165, 1.54) is 0 Å². The predicted molar refractivity (Wildman–Crippen MR) is 74.6 cm³/mol. The van der Waals surface area contributed by atoms with Crippen LogP contribution in [0.15, 0.2) is 24.3 Å². The van der Waals surface area contributed by atoms with Gasteiger partial charge in [0.2, 0.25) is 0 Å². The second-order valence-electron chi connectivity index (χ2n) is 4.29. The number of rotatable bonds is 6. The summed E-state index contributed by atoms with van der Waals surface area (Å²) in [6, 6.07) is 7.80. The minimum Gasteiger partial charge on any atom is -0.493 e. The van der Waals surface area contributed by atoms with E-state index in [9.17, 15) is 0 Å². The van der Waals surface area contributed by atoms with E-state index in [-0.39, 0.29) is 6.61 Å². The van der Waals surface area contributed by atoms with E-state index < -0.39 is 0 Å². The summed E-state index contributed by atoms with van der Waals surface area (Å²) in [6.45, 7) is 5.28. The maximum Gasteiger partial charge on any atom is 0.119 e. The van der Waals surface area contributed by atoms with Crippen LogP contribution in [0.1, 0.15) is 38.7 Å². The second-order valence-corrected chi connectivity index (χ2v) is 4.29. The van der Waals surface area contributed by atoms with Crippen molar-refractivity contribution in [3.8, 4) is 17.6 Å². The molecule has 2 heteroatoms. The van der Waals surface area contributed by atoms with Gasteiger partial charge in [0.15, 0.2) is 0 Å². The van der Waals surface area contributed by atoms with Gasteiger partial charge in [0.1, 0.15) is 5.75 Å². The van der Waals surface area contributed by atoms with Crippen LogP contribution in [-0.4, -0.2) is 18.3 Å². The lowest BCUT2D eigenvalue weighted by atomic mass is 10.1. The number of hydrogen-bond acceptors (Lipinski definition) is 2. The zero-order chi connectivity index (χ0) is 13.2. The summed E-state index contributed by atoms with van der Waals surface area (Å²) < 4.78 is 5.74. The average Bonchev–Trinajstić information content (AvgIpc) is 2.42. The van der Waals surface area contributed by atoms with Crippen molar-refractivity contribution in [2.45, 2.75) is 33.1 Å². The summed E-state index contributed by atoms with van der Waals surface area (Å²) in [5, 5.41) is 8.63. The van der Waals surface area contributed by atoms with Crippen molar-refractivity contribution in [1.29, 1.82) is 0 Å². The number of hydrogen-bond donors (Lipinski definition) is 1. The zero-order valence-corrected chi connectivity index (χ0v) is 11.3. The third-order valence-corrected chi connectivity index (χ3v) is 2.96. The van der Waals surface area contributed by atoms with E-state index >= 15 is 0 Å². The van der Waals surface area contributed by atoms with E-state index in [1.807, 2.05) is 24.3 Å². The monoisotopic (exact) mass is 246 g/mol. The minimum absolute atomic E-state index is 0.115. The van der Waals surface area contributed by atoms with Crippen LogP contribution in [-0.2, 0) is 0 Å². The molecule has 1 rings (SSSR count). The van der Waals surface area contributed by atoms with Crippen molar-refractivity contribution in [1.82, 2.24) is 0 Å². The fourth-order valence-corrected chi connectivity index (χ4v) is 1.59. The predicted octanol–water partition coefficient (Wildman–Crippen LogP) is 3.24. The van der Waals surface area contributed by atoms with E-state index in [4.69, 9.17) is 9.84 Å². The van der Waals surface area contributed by atoms with Crippen molar-refractivity contribution in [2.24, 2.45) is 5.92 Å². The van der Waals surface area contributed by atoms with Crippen LogP contribution in [0.2, 0.25) is 0 Å². The Labute approximate surface area is 110 Å². The van der Waals surface area contributed by atoms with Crippen LogP contribution in [0.5, 0.6) is 5.75 Å². The first-order valence-corrected chi connectivity index (χ1v) is 6.62. The largest absolute Gasteiger partial charge is 0.493 e. The molecule has 0 bridgehead atoms. The molecule has 1 aromatic carbocycles. The quantitative estimate of drug-likeness (QED) is 0.781. The average molecular weight is 246 g/mol. The summed E-state index contributed by atoms with van der Waals surface area (Å²) in [4.78, 5) is 0. The van der Waals surface area contributed by atoms with Crippen LogP contribution in [0, 0.1) is 17.8 Å². The molecule has 0 amide bonds. The standard InChI is InChI=1S/C16H22O2/c1-3-14(4-2)13-18-16-10-8-15(9-11-16)7-5-6-12-17/h8-11,14,17H,3-4,6,12-13H2,1-2H3. The number of benzene rings is 1. The SMILES string of the molecule is CCC(CC)COc1ccc(C#CCCO)cc1. The van der Waals surface area contributed by atoms with Gasteiger partial charge in [0.05, 0.1) is 13.2 Å². The Bertz CT molecular complexity index is 380. The third kappa shape index (κ3) is 5.25. The molecule has 0 fully saturated rings. The summed E-state index contributed by atoms with van der Waals surface area (Å²) in [5.74, 6) is 7.42. The van der Waals surface area contributed by atoms with Crippen molar-refractivity contribution >= 4 is 0 Å². The van der Waals surface area contributed by atoms with Gasteiger partial charge >= 0.3 is 0 Å². The normalized spacial score (nSPS) is 10.0. The molecule has 0 aliphatic rings. The Morgan fingerprint density at radius 2 is 1.83 bits per heavy atom. The van der Waals surface area contributed by atoms with Crippen molar-refractivity contribution in [2.75, 3.05) is 13.2 Å². The molecular weight excluding hydrogens is 224 g/mol. The summed E-state index contributed by atoms with van der Waals surface area (Å²) in [7, 11) is 0. The molecule has 98 valence electrons. The summed E-state index contributed by atoms with van der Waals surface area (Å²) >= 11 is 0. The highest BCUT2D eigenvalue weighted by molar-refractivity contribution is 5.38. The van der Waals surface area contributed by atoms with E-state index in [0.29, 0.717) is 12.3 Å². The topological polar surface area (TPSA) is 29.5 Å². The molecule has 1 aromatic rings. The molecule has 0 saturated carbocycles. The van der Waals surface area contributed by atoms with E-state index in [2.05, 4.69) is 25.7 Å². The van der Waals surface area contributed by atoms with Crippen LogP contribution < -0.4 is 4.74 Å². The molecule has 0 heterocycles.